The minimum absolute atomic E-state index is 0.153. The lowest BCUT2D eigenvalue weighted by Gasteiger charge is -2.07. The molecule has 0 radical (unpaired) electrons. The van der Waals surface area contributed by atoms with Crippen LogP contribution < -0.4 is 11.1 Å². The maximum atomic E-state index is 13.2. The zero-order chi connectivity index (χ0) is 14.0. The first kappa shape index (κ1) is 13.3. The second-order valence-corrected chi connectivity index (χ2v) is 4.47. The Balaban J connectivity index is 2.22. The van der Waals surface area contributed by atoms with Gasteiger partial charge in [-0.2, -0.15) is 0 Å². The zero-order valence-electron chi connectivity index (χ0n) is 10.1. The van der Waals surface area contributed by atoms with Crippen molar-refractivity contribution in [3.05, 3.63) is 52.4 Å². The molecule has 4 nitrogen and oxygen atoms in total. The lowest BCUT2D eigenvalue weighted by Crippen LogP contribution is -2.13. The van der Waals surface area contributed by atoms with Crippen molar-refractivity contribution in [1.82, 2.24) is 4.98 Å². The maximum absolute atomic E-state index is 13.2. The van der Waals surface area contributed by atoms with Gasteiger partial charge in [0.05, 0.1) is 10.6 Å². The van der Waals surface area contributed by atoms with Crippen LogP contribution in [0.4, 0.5) is 15.9 Å². The molecule has 1 aromatic heterocycles. The molecule has 0 saturated heterocycles. The van der Waals surface area contributed by atoms with Crippen LogP contribution in [0, 0.1) is 12.7 Å². The van der Waals surface area contributed by atoms with E-state index in [1.54, 1.807) is 13.0 Å². The number of amides is 1. The number of carbonyl (C=O) groups excluding carboxylic acids is 1. The van der Waals surface area contributed by atoms with Gasteiger partial charge in [-0.05, 0) is 36.8 Å². The van der Waals surface area contributed by atoms with E-state index in [-0.39, 0.29) is 16.4 Å². The van der Waals surface area contributed by atoms with E-state index in [4.69, 9.17) is 17.3 Å². The monoisotopic (exact) mass is 279 g/mol. The molecule has 0 spiro atoms. The lowest BCUT2D eigenvalue weighted by molar-refractivity contribution is 0.102. The molecule has 98 valence electrons. The molecule has 0 atom stereocenters. The number of nitrogens with two attached hydrogens (primary N) is 1. The first-order valence-electron chi connectivity index (χ1n) is 5.45. The predicted molar refractivity (Wildman–Crippen MR) is 72.7 cm³/mol. The van der Waals surface area contributed by atoms with E-state index < -0.39 is 11.7 Å². The van der Waals surface area contributed by atoms with E-state index in [9.17, 15) is 9.18 Å². The number of nitrogens with zero attached hydrogens (tertiary/aromatic N) is 1. The molecule has 2 aromatic rings. The van der Waals surface area contributed by atoms with Crippen molar-refractivity contribution >= 4 is 29.0 Å². The van der Waals surface area contributed by atoms with Gasteiger partial charge in [-0.3, -0.25) is 4.79 Å². The molecular formula is C13H11ClFN3O. The molecule has 0 aliphatic heterocycles. The van der Waals surface area contributed by atoms with E-state index in [0.29, 0.717) is 11.3 Å². The number of benzene rings is 1. The number of nitrogens with one attached hydrogen (secondary N) is 1. The Bertz CT molecular complexity index is 626. The summed E-state index contributed by atoms with van der Waals surface area (Å²) in [6.07, 6.45) is 1.31. The third-order valence-electron chi connectivity index (χ3n) is 2.43. The average Bonchev–Trinajstić information content (AvgIpc) is 2.31. The standard InChI is InChI=1S/C13H11ClFN3O/c1-7-2-9(15)5-10(3-7)18-13(19)8-4-11(14)12(16)17-6-8/h2-6H,1H3,(H2,16,17)(H,18,19). The lowest BCUT2D eigenvalue weighted by atomic mass is 10.2. The van der Waals surface area contributed by atoms with Crippen LogP contribution in [0.2, 0.25) is 5.02 Å². The summed E-state index contributed by atoms with van der Waals surface area (Å²) in [6, 6.07) is 5.67. The Morgan fingerprint density at radius 2 is 2.11 bits per heavy atom. The fraction of sp³-hybridized carbons (Fsp3) is 0.0769. The number of carbonyl (C=O) groups is 1. The largest absolute Gasteiger partial charge is 0.382 e. The number of hydrogen-bond acceptors (Lipinski definition) is 3. The molecule has 0 fully saturated rings. The molecule has 0 aliphatic rings. The topological polar surface area (TPSA) is 68.0 Å². The number of hydrogen-bond donors (Lipinski definition) is 2. The fourth-order valence-electron chi connectivity index (χ4n) is 1.58. The highest BCUT2D eigenvalue weighted by Crippen LogP contribution is 2.18. The third-order valence-corrected chi connectivity index (χ3v) is 2.73. The van der Waals surface area contributed by atoms with Gasteiger partial charge in [0.1, 0.15) is 11.6 Å². The summed E-state index contributed by atoms with van der Waals surface area (Å²) in [5.41, 5.74) is 6.79. The van der Waals surface area contributed by atoms with E-state index >= 15 is 0 Å². The Kier molecular flexibility index (Phi) is 3.66. The van der Waals surface area contributed by atoms with Crippen molar-refractivity contribution in [2.24, 2.45) is 0 Å². The number of aromatic nitrogens is 1. The highest BCUT2D eigenvalue weighted by Gasteiger charge is 2.09. The molecule has 6 heteroatoms. The van der Waals surface area contributed by atoms with Gasteiger partial charge in [0.25, 0.3) is 5.91 Å². The molecule has 0 unspecified atom stereocenters. The summed E-state index contributed by atoms with van der Waals surface area (Å²) in [6.45, 7) is 1.74. The Labute approximate surface area is 114 Å². The van der Waals surface area contributed by atoms with Crippen molar-refractivity contribution in [2.45, 2.75) is 6.92 Å². The van der Waals surface area contributed by atoms with E-state index in [0.717, 1.165) is 0 Å². The Hall–Kier alpha value is -2.14. The van der Waals surface area contributed by atoms with Crippen molar-refractivity contribution in [3.8, 4) is 0 Å². The highest BCUT2D eigenvalue weighted by atomic mass is 35.5. The summed E-state index contributed by atoms with van der Waals surface area (Å²) < 4.78 is 13.2. The molecule has 1 amide bonds. The molecule has 0 saturated carbocycles. The summed E-state index contributed by atoms with van der Waals surface area (Å²) in [5.74, 6) is -0.692. The van der Waals surface area contributed by atoms with E-state index in [1.165, 1.54) is 24.4 Å². The second kappa shape index (κ2) is 5.24. The van der Waals surface area contributed by atoms with Crippen LogP contribution in [-0.2, 0) is 0 Å². The number of halogens is 2. The average molecular weight is 280 g/mol. The summed E-state index contributed by atoms with van der Waals surface area (Å²) >= 11 is 5.78. The number of pyridine rings is 1. The number of anilines is 2. The number of nitrogen functional groups attached to an aromatic ring is 1. The van der Waals surface area contributed by atoms with Gasteiger partial charge in [-0.25, -0.2) is 9.37 Å². The van der Waals surface area contributed by atoms with Gasteiger partial charge in [0, 0.05) is 11.9 Å². The van der Waals surface area contributed by atoms with Crippen molar-refractivity contribution in [3.63, 3.8) is 0 Å². The maximum Gasteiger partial charge on any atom is 0.257 e. The van der Waals surface area contributed by atoms with E-state index in [2.05, 4.69) is 10.3 Å². The summed E-state index contributed by atoms with van der Waals surface area (Å²) in [7, 11) is 0. The zero-order valence-corrected chi connectivity index (χ0v) is 10.8. The molecular weight excluding hydrogens is 269 g/mol. The molecule has 1 heterocycles. The van der Waals surface area contributed by atoms with Crippen molar-refractivity contribution < 1.29 is 9.18 Å². The van der Waals surface area contributed by atoms with Crippen LogP contribution in [0.3, 0.4) is 0 Å². The first-order valence-corrected chi connectivity index (χ1v) is 5.83. The number of aryl methyl sites for hydroxylation is 1. The van der Waals surface area contributed by atoms with Crippen LogP contribution in [0.5, 0.6) is 0 Å². The SMILES string of the molecule is Cc1cc(F)cc(NC(=O)c2cnc(N)c(Cl)c2)c1. The predicted octanol–water partition coefficient (Wildman–Crippen LogP) is 3.02. The minimum Gasteiger partial charge on any atom is -0.382 e. The molecule has 1 aromatic carbocycles. The van der Waals surface area contributed by atoms with Gasteiger partial charge in [0.15, 0.2) is 0 Å². The van der Waals surface area contributed by atoms with Crippen molar-refractivity contribution in [1.29, 1.82) is 0 Å². The van der Waals surface area contributed by atoms with Gasteiger partial charge in [-0.15, -0.1) is 0 Å². The quantitative estimate of drug-likeness (QED) is 0.888. The van der Waals surface area contributed by atoms with Crippen LogP contribution >= 0.6 is 11.6 Å². The van der Waals surface area contributed by atoms with E-state index in [1.807, 2.05) is 0 Å². The van der Waals surface area contributed by atoms with Crippen molar-refractivity contribution in [2.75, 3.05) is 11.1 Å². The highest BCUT2D eigenvalue weighted by molar-refractivity contribution is 6.33. The fourth-order valence-corrected chi connectivity index (χ4v) is 1.75. The summed E-state index contributed by atoms with van der Waals surface area (Å²) in [4.78, 5) is 15.7. The van der Waals surface area contributed by atoms with Crippen LogP contribution in [0.1, 0.15) is 15.9 Å². The van der Waals surface area contributed by atoms with Gasteiger partial charge in [-0.1, -0.05) is 11.6 Å². The van der Waals surface area contributed by atoms with Gasteiger partial charge < -0.3 is 11.1 Å². The Morgan fingerprint density at radius 3 is 2.74 bits per heavy atom. The number of rotatable bonds is 2. The molecule has 2 rings (SSSR count). The van der Waals surface area contributed by atoms with Crippen LogP contribution in [0.25, 0.3) is 0 Å². The minimum atomic E-state index is -0.431. The van der Waals surface area contributed by atoms with Crippen LogP contribution in [0.15, 0.2) is 30.5 Å². The van der Waals surface area contributed by atoms with Crippen LogP contribution in [-0.4, -0.2) is 10.9 Å². The molecule has 3 N–H and O–H groups in total. The van der Waals surface area contributed by atoms with Gasteiger partial charge in [0.2, 0.25) is 0 Å². The smallest absolute Gasteiger partial charge is 0.257 e. The second-order valence-electron chi connectivity index (χ2n) is 4.06. The summed E-state index contributed by atoms with van der Waals surface area (Å²) in [5, 5.41) is 2.77. The molecule has 19 heavy (non-hydrogen) atoms. The molecule has 0 bridgehead atoms. The normalized spacial score (nSPS) is 10.3. The Morgan fingerprint density at radius 1 is 1.37 bits per heavy atom. The first-order chi connectivity index (χ1) is 8.95. The van der Waals surface area contributed by atoms with Gasteiger partial charge >= 0.3 is 0 Å². The molecule has 0 aliphatic carbocycles. The third kappa shape index (κ3) is 3.20.